The highest BCUT2D eigenvalue weighted by atomic mass is 79.9. The Balaban J connectivity index is 2.83. The third kappa shape index (κ3) is 3.48. The lowest BCUT2D eigenvalue weighted by Crippen LogP contribution is -2.19. The number of halogens is 4. The summed E-state index contributed by atoms with van der Waals surface area (Å²) >= 11 is 3.07. The van der Waals surface area contributed by atoms with Crippen molar-refractivity contribution in [3.05, 3.63) is 28.2 Å². The van der Waals surface area contributed by atoms with E-state index in [1.54, 1.807) is 6.07 Å². The highest BCUT2D eigenvalue weighted by Crippen LogP contribution is 2.29. The van der Waals surface area contributed by atoms with Crippen LogP contribution in [0.3, 0.4) is 0 Å². The summed E-state index contributed by atoms with van der Waals surface area (Å²) in [7, 11) is 0. The average molecular weight is 279 g/mol. The number of hydrogen-bond donors (Lipinski definition) is 0. The summed E-state index contributed by atoms with van der Waals surface area (Å²) in [5, 5.41) is 0. The predicted octanol–water partition coefficient (Wildman–Crippen LogP) is 3.37. The Morgan fingerprint density at radius 1 is 1.40 bits per heavy atom. The van der Waals surface area contributed by atoms with Gasteiger partial charge in [0, 0.05) is 5.56 Å². The fraction of sp³-hybridized carbons (Fsp3) is 0.200. The van der Waals surface area contributed by atoms with Gasteiger partial charge in [0.1, 0.15) is 5.75 Å². The van der Waals surface area contributed by atoms with Crippen LogP contribution in [0.25, 0.3) is 0 Å². The molecule has 0 fully saturated rings. The number of ether oxygens (including phenoxy) is 1. The van der Waals surface area contributed by atoms with Crippen LogP contribution in [0, 0.1) is 12.3 Å². The van der Waals surface area contributed by atoms with Gasteiger partial charge in [0.15, 0.2) is 6.61 Å². The molecule has 15 heavy (non-hydrogen) atoms. The van der Waals surface area contributed by atoms with Crippen molar-refractivity contribution in [2.75, 3.05) is 6.61 Å². The number of benzene rings is 1. The van der Waals surface area contributed by atoms with Gasteiger partial charge in [-0.3, -0.25) is 0 Å². The molecule has 0 aliphatic carbocycles. The van der Waals surface area contributed by atoms with Gasteiger partial charge in [0.2, 0.25) is 0 Å². The van der Waals surface area contributed by atoms with E-state index < -0.39 is 12.8 Å². The minimum atomic E-state index is -4.36. The predicted molar refractivity (Wildman–Crippen MR) is 53.6 cm³/mol. The van der Waals surface area contributed by atoms with Crippen molar-refractivity contribution in [1.82, 2.24) is 0 Å². The van der Waals surface area contributed by atoms with Crippen molar-refractivity contribution in [3.8, 4) is 18.1 Å². The Morgan fingerprint density at radius 2 is 2.07 bits per heavy atom. The van der Waals surface area contributed by atoms with Crippen molar-refractivity contribution in [2.24, 2.45) is 0 Å². The average Bonchev–Trinajstić information content (AvgIpc) is 2.15. The smallest absolute Gasteiger partial charge is 0.422 e. The highest BCUT2D eigenvalue weighted by Gasteiger charge is 2.28. The van der Waals surface area contributed by atoms with E-state index in [-0.39, 0.29) is 5.75 Å². The van der Waals surface area contributed by atoms with E-state index in [1.807, 2.05) is 0 Å². The van der Waals surface area contributed by atoms with Gasteiger partial charge in [-0.1, -0.05) is 12.0 Å². The monoisotopic (exact) mass is 278 g/mol. The Morgan fingerprint density at radius 3 is 2.60 bits per heavy atom. The SMILES string of the molecule is C#Cc1cccc(OCC(F)(F)F)c1Br. The van der Waals surface area contributed by atoms with E-state index >= 15 is 0 Å². The third-order valence-corrected chi connectivity index (χ3v) is 2.33. The van der Waals surface area contributed by atoms with E-state index in [1.165, 1.54) is 12.1 Å². The van der Waals surface area contributed by atoms with Crippen molar-refractivity contribution >= 4 is 15.9 Å². The molecule has 0 N–H and O–H groups in total. The van der Waals surface area contributed by atoms with Crippen molar-refractivity contribution in [3.63, 3.8) is 0 Å². The number of rotatable bonds is 2. The molecule has 1 rings (SSSR count). The zero-order valence-electron chi connectivity index (χ0n) is 7.44. The number of terminal acetylenes is 1. The Labute approximate surface area is 93.4 Å². The lowest BCUT2D eigenvalue weighted by molar-refractivity contribution is -0.153. The molecule has 0 saturated heterocycles. The molecule has 0 aliphatic rings. The Kier molecular flexibility index (Phi) is 3.64. The van der Waals surface area contributed by atoms with Gasteiger partial charge >= 0.3 is 6.18 Å². The normalized spacial score (nSPS) is 10.9. The molecule has 0 spiro atoms. The third-order valence-electron chi connectivity index (χ3n) is 1.51. The zero-order valence-corrected chi connectivity index (χ0v) is 9.02. The highest BCUT2D eigenvalue weighted by molar-refractivity contribution is 9.10. The summed E-state index contributed by atoms with van der Waals surface area (Å²) in [5.41, 5.74) is 0.453. The van der Waals surface area contributed by atoms with E-state index in [0.717, 1.165) is 0 Å². The van der Waals surface area contributed by atoms with Gasteiger partial charge in [-0.25, -0.2) is 0 Å². The second-order valence-electron chi connectivity index (χ2n) is 2.67. The summed E-state index contributed by atoms with van der Waals surface area (Å²) in [5.74, 6) is 2.41. The Hall–Kier alpha value is -1.15. The first-order valence-electron chi connectivity index (χ1n) is 3.88. The first-order valence-corrected chi connectivity index (χ1v) is 4.68. The van der Waals surface area contributed by atoms with Crippen LogP contribution in [0.1, 0.15) is 5.56 Å². The van der Waals surface area contributed by atoms with Gasteiger partial charge in [0.05, 0.1) is 4.47 Å². The first-order chi connectivity index (χ1) is 6.94. The standard InChI is InChI=1S/C10H6BrF3O/c1-2-7-4-3-5-8(9(7)11)15-6-10(12,13)14/h1,3-5H,6H2. The summed E-state index contributed by atoms with van der Waals surface area (Å²) in [6, 6.07) is 4.55. The summed E-state index contributed by atoms with van der Waals surface area (Å²) < 4.78 is 40.6. The minimum Gasteiger partial charge on any atom is -0.483 e. The molecule has 0 radical (unpaired) electrons. The molecule has 1 aromatic rings. The van der Waals surface area contributed by atoms with E-state index in [0.29, 0.717) is 10.0 Å². The molecule has 1 aromatic carbocycles. The molecule has 80 valence electrons. The summed E-state index contributed by atoms with van der Waals surface area (Å²) in [6.45, 7) is -1.33. The fourth-order valence-corrected chi connectivity index (χ4v) is 1.39. The largest absolute Gasteiger partial charge is 0.483 e. The van der Waals surface area contributed by atoms with Gasteiger partial charge in [-0.05, 0) is 28.1 Å². The molecule has 0 unspecified atom stereocenters. The van der Waals surface area contributed by atoms with E-state index in [4.69, 9.17) is 6.42 Å². The molecule has 0 heterocycles. The van der Waals surface area contributed by atoms with E-state index in [9.17, 15) is 13.2 Å². The second kappa shape index (κ2) is 4.58. The van der Waals surface area contributed by atoms with Crippen LogP contribution < -0.4 is 4.74 Å². The minimum absolute atomic E-state index is 0.0859. The maximum absolute atomic E-state index is 11.9. The lowest BCUT2D eigenvalue weighted by atomic mass is 10.2. The molecule has 0 amide bonds. The van der Waals surface area contributed by atoms with Crippen LogP contribution in [0.5, 0.6) is 5.75 Å². The van der Waals surface area contributed by atoms with Crippen LogP contribution in [0.4, 0.5) is 13.2 Å². The molecule has 5 heteroatoms. The summed E-state index contributed by atoms with van der Waals surface area (Å²) in [6.07, 6.45) is 0.788. The van der Waals surface area contributed by atoms with Gasteiger partial charge in [-0.15, -0.1) is 6.42 Å². The number of alkyl halides is 3. The van der Waals surface area contributed by atoms with E-state index in [2.05, 4.69) is 26.6 Å². The van der Waals surface area contributed by atoms with Crippen LogP contribution in [0.15, 0.2) is 22.7 Å². The molecule has 0 bridgehead atoms. The second-order valence-corrected chi connectivity index (χ2v) is 3.46. The maximum atomic E-state index is 11.9. The fourth-order valence-electron chi connectivity index (χ4n) is 0.893. The number of hydrogen-bond acceptors (Lipinski definition) is 1. The van der Waals surface area contributed by atoms with Crippen molar-refractivity contribution in [1.29, 1.82) is 0 Å². The van der Waals surface area contributed by atoms with Gasteiger partial charge < -0.3 is 4.74 Å². The molecule has 0 aromatic heterocycles. The van der Waals surface area contributed by atoms with Crippen molar-refractivity contribution in [2.45, 2.75) is 6.18 Å². The molecular formula is C10H6BrF3O. The quantitative estimate of drug-likeness (QED) is 0.754. The van der Waals surface area contributed by atoms with Crippen LogP contribution >= 0.6 is 15.9 Å². The molecule has 0 saturated carbocycles. The van der Waals surface area contributed by atoms with Gasteiger partial charge in [0.25, 0.3) is 0 Å². The molecule has 0 atom stereocenters. The maximum Gasteiger partial charge on any atom is 0.422 e. The first kappa shape index (κ1) is 11.9. The van der Waals surface area contributed by atoms with Crippen molar-refractivity contribution < 1.29 is 17.9 Å². The Bertz CT molecular complexity index is 393. The summed E-state index contributed by atoms with van der Waals surface area (Å²) in [4.78, 5) is 0. The van der Waals surface area contributed by atoms with Gasteiger partial charge in [-0.2, -0.15) is 13.2 Å². The lowest BCUT2D eigenvalue weighted by Gasteiger charge is -2.11. The zero-order chi connectivity index (χ0) is 11.5. The molecular weight excluding hydrogens is 273 g/mol. The topological polar surface area (TPSA) is 9.23 Å². The van der Waals surface area contributed by atoms with Crippen LogP contribution in [0.2, 0.25) is 0 Å². The molecule has 1 nitrogen and oxygen atoms in total. The van der Waals surface area contributed by atoms with Crippen LogP contribution in [-0.2, 0) is 0 Å². The molecule has 0 aliphatic heterocycles. The van der Waals surface area contributed by atoms with Crippen LogP contribution in [-0.4, -0.2) is 12.8 Å².